The number of aromatic nitrogens is 3. The van der Waals surface area contributed by atoms with Crippen molar-refractivity contribution in [2.24, 2.45) is 0 Å². The Morgan fingerprint density at radius 3 is 3.12 bits per heavy atom. The first-order chi connectivity index (χ1) is 12.7. The van der Waals surface area contributed by atoms with Crippen LogP contribution in [-0.2, 0) is 22.7 Å². The highest BCUT2D eigenvalue weighted by Gasteiger charge is 2.30. The number of aryl methyl sites for hydroxylation is 1. The molecule has 3 heterocycles. The molecule has 2 aromatic rings. The highest BCUT2D eigenvalue weighted by molar-refractivity contribution is 5.93. The van der Waals surface area contributed by atoms with Crippen LogP contribution in [0, 0.1) is 6.92 Å². The molecule has 1 amide bonds. The predicted octanol–water partition coefficient (Wildman–Crippen LogP) is 2.80. The molecule has 0 spiro atoms. The lowest BCUT2D eigenvalue weighted by atomic mass is 10.1. The first-order valence-corrected chi connectivity index (χ1v) is 9.20. The highest BCUT2D eigenvalue weighted by Crippen LogP contribution is 2.26. The van der Waals surface area contributed by atoms with E-state index in [4.69, 9.17) is 4.74 Å². The third-order valence-electron chi connectivity index (χ3n) is 5.03. The lowest BCUT2D eigenvalue weighted by molar-refractivity contribution is -0.129. The van der Waals surface area contributed by atoms with E-state index < -0.39 is 0 Å². The van der Waals surface area contributed by atoms with E-state index in [9.17, 15) is 4.79 Å². The zero-order valence-corrected chi connectivity index (χ0v) is 15.1. The lowest BCUT2D eigenvalue weighted by Gasteiger charge is -2.34. The van der Waals surface area contributed by atoms with Gasteiger partial charge in [0.25, 0.3) is 0 Å². The van der Waals surface area contributed by atoms with Gasteiger partial charge in [-0.05, 0) is 38.3 Å². The average Bonchev–Trinajstić information content (AvgIpc) is 3.33. The standard InChI is InChI=1S/C20H24N4O2/c1-15-5-4-8-17(22-15)12-26-13-19-11-23(10-18-9-21-14-24(18)19)20(25)16-6-2-3-7-16/h4-6,8-9,14,19H,2-3,7,10-13H2,1H3. The molecule has 1 atom stereocenters. The molecule has 0 saturated heterocycles. The number of nitrogens with zero attached hydrogens (tertiary/aromatic N) is 4. The first-order valence-electron chi connectivity index (χ1n) is 9.20. The van der Waals surface area contributed by atoms with E-state index in [1.807, 2.05) is 42.5 Å². The van der Waals surface area contributed by atoms with Crippen LogP contribution in [0.25, 0.3) is 0 Å². The monoisotopic (exact) mass is 352 g/mol. The van der Waals surface area contributed by atoms with Crippen LogP contribution in [0.15, 0.2) is 42.4 Å². The summed E-state index contributed by atoms with van der Waals surface area (Å²) < 4.78 is 8.07. The third-order valence-corrected chi connectivity index (χ3v) is 5.03. The van der Waals surface area contributed by atoms with E-state index in [1.54, 1.807) is 0 Å². The Morgan fingerprint density at radius 1 is 1.38 bits per heavy atom. The van der Waals surface area contributed by atoms with Crippen LogP contribution in [0.2, 0.25) is 0 Å². The number of carbonyl (C=O) groups is 1. The van der Waals surface area contributed by atoms with Gasteiger partial charge in [0.05, 0.1) is 43.5 Å². The summed E-state index contributed by atoms with van der Waals surface area (Å²) >= 11 is 0. The van der Waals surface area contributed by atoms with E-state index in [0.717, 1.165) is 41.9 Å². The summed E-state index contributed by atoms with van der Waals surface area (Å²) in [5.41, 5.74) is 3.94. The van der Waals surface area contributed by atoms with Gasteiger partial charge in [0, 0.05) is 24.0 Å². The molecule has 6 nitrogen and oxygen atoms in total. The SMILES string of the molecule is Cc1cccc(COCC2CN(C(=O)C3=CCCC3)Cc3cncn32)n1. The van der Waals surface area contributed by atoms with Gasteiger partial charge in [-0.2, -0.15) is 0 Å². The van der Waals surface area contributed by atoms with Crippen molar-refractivity contribution >= 4 is 5.91 Å². The Bertz CT molecular complexity index is 827. The van der Waals surface area contributed by atoms with Crippen molar-refractivity contribution in [1.82, 2.24) is 19.4 Å². The summed E-state index contributed by atoms with van der Waals surface area (Å²) in [4.78, 5) is 23.5. The van der Waals surface area contributed by atoms with Gasteiger partial charge in [-0.3, -0.25) is 9.78 Å². The number of hydrogen-bond donors (Lipinski definition) is 0. The summed E-state index contributed by atoms with van der Waals surface area (Å²) in [6.07, 6.45) is 8.77. The van der Waals surface area contributed by atoms with Gasteiger partial charge in [-0.1, -0.05) is 12.1 Å². The molecule has 6 heteroatoms. The number of hydrogen-bond acceptors (Lipinski definition) is 4. The lowest BCUT2D eigenvalue weighted by Crippen LogP contribution is -2.42. The second-order valence-electron chi connectivity index (χ2n) is 7.04. The molecule has 0 N–H and O–H groups in total. The van der Waals surface area contributed by atoms with Crippen LogP contribution in [0.4, 0.5) is 0 Å². The Balaban J connectivity index is 1.42. The average molecular weight is 352 g/mol. The van der Waals surface area contributed by atoms with Crippen molar-refractivity contribution in [2.45, 2.75) is 45.4 Å². The Morgan fingerprint density at radius 2 is 2.31 bits per heavy atom. The van der Waals surface area contributed by atoms with Crippen molar-refractivity contribution in [2.75, 3.05) is 13.2 Å². The molecule has 2 aliphatic rings. The molecule has 2 aromatic heterocycles. The molecular formula is C20H24N4O2. The summed E-state index contributed by atoms with van der Waals surface area (Å²) in [6.45, 7) is 4.25. The van der Waals surface area contributed by atoms with Gasteiger partial charge in [0.1, 0.15) is 0 Å². The fraction of sp³-hybridized carbons (Fsp3) is 0.450. The minimum atomic E-state index is 0.0806. The topological polar surface area (TPSA) is 60.2 Å². The number of rotatable bonds is 5. The van der Waals surface area contributed by atoms with E-state index in [0.29, 0.717) is 26.3 Å². The van der Waals surface area contributed by atoms with E-state index >= 15 is 0 Å². The normalized spacial score (nSPS) is 19.3. The predicted molar refractivity (Wildman–Crippen MR) is 97.2 cm³/mol. The van der Waals surface area contributed by atoms with Gasteiger partial charge in [0.2, 0.25) is 5.91 Å². The van der Waals surface area contributed by atoms with Crippen molar-refractivity contribution in [3.63, 3.8) is 0 Å². The molecular weight excluding hydrogens is 328 g/mol. The van der Waals surface area contributed by atoms with Crippen LogP contribution in [0.1, 0.15) is 42.4 Å². The number of carbonyl (C=O) groups excluding carboxylic acids is 1. The molecule has 1 aliphatic carbocycles. The molecule has 0 fully saturated rings. The van der Waals surface area contributed by atoms with Crippen LogP contribution in [0.3, 0.4) is 0 Å². The molecule has 26 heavy (non-hydrogen) atoms. The van der Waals surface area contributed by atoms with Crippen LogP contribution in [-0.4, -0.2) is 38.5 Å². The Kier molecular flexibility index (Phi) is 4.84. The molecule has 1 aliphatic heterocycles. The van der Waals surface area contributed by atoms with Gasteiger partial charge < -0.3 is 14.2 Å². The maximum absolute atomic E-state index is 12.8. The summed E-state index contributed by atoms with van der Waals surface area (Å²) in [6, 6.07) is 6.02. The van der Waals surface area contributed by atoms with Gasteiger partial charge in [-0.15, -0.1) is 0 Å². The van der Waals surface area contributed by atoms with Gasteiger partial charge in [-0.25, -0.2) is 4.98 Å². The zero-order chi connectivity index (χ0) is 17.9. The molecule has 1 unspecified atom stereocenters. The molecule has 0 aromatic carbocycles. The van der Waals surface area contributed by atoms with Crippen LogP contribution < -0.4 is 0 Å². The summed E-state index contributed by atoms with van der Waals surface area (Å²) in [5, 5.41) is 0. The fourth-order valence-electron chi connectivity index (χ4n) is 3.72. The minimum absolute atomic E-state index is 0.0806. The fourth-order valence-corrected chi connectivity index (χ4v) is 3.72. The number of imidazole rings is 1. The maximum Gasteiger partial charge on any atom is 0.249 e. The van der Waals surface area contributed by atoms with Crippen molar-refractivity contribution in [3.8, 4) is 0 Å². The van der Waals surface area contributed by atoms with E-state index in [1.165, 1.54) is 0 Å². The largest absolute Gasteiger partial charge is 0.373 e. The van der Waals surface area contributed by atoms with Gasteiger partial charge in [0.15, 0.2) is 0 Å². The first kappa shape index (κ1) is 17.0. The number of allylic oxidation sites excluding steroid dienone is 1. The highest BCUT2D eigenvalue weighted by atomic mass is 16.5. The van der Waals surface area contributed by atoms with Gasteiger partial charge >= 0.3 is 0 Å². The van der Waals surface area contributed by atoms with Crippen molar-refractivity contribution in [1.29, 1.82) is 0 Å². The van der Waals surface area contributed by atoms with E-state index in [-0.39, 0.29) is 11.9 Å². The number of pyridine rings is 1. The maximum atomic E-state index is 12.8. The third kappa shape index (κ3) is 3.55. The minimum Gasteiger partial charge on any atom is -0.373 e. The molecule has 4 rings (SSSR count). The Hall–Kier alpha value is -2.47. The number of ether oxygens (including phenoxy) is 1. The zero-order valence-electron chi connectivity index (χ0n) is 15.1. The quantitative estimate of drug-likeness (QED) is 0.830. The molecule has 0 saturated carbocycles. The second-order valence-corrected chi connectivity index (χ2v) is 7.04. The van der Waals surface area contributed by atoms with Crippen molar-refractivity contribution < 1.29 is 9.53 Å². The van der Waals surface area contributed by atoms with Crippen LogP contribution >= 0.6 is 0 Å². The van der Waals surface area contributed by atoms with E-state index in [2.05, 4.69) is 20.6 Å². The Labute approximate surface area is 153 Å². The number of amides is 1. The van der Waals surface area contributed by atoms with Crippen molar-refractivity contribution in [3.05, 3.63) is 59.5 Å². The molecule has 0 radical (unpaired) electrons. The smallest absolute Gasteiger partial charge is 0.249 e. The summed E-state index contributed by atoms with van der Waals surface area (Å²) in [7, 11) is 0. The summed E-state index contributed by atoms with van der Waals surface area (Å²) in [5.74, 6) is 0.167. The second kappa shape index (κ2) is 7.41. The number of fused-ring (bicyclic) bond motifs is 1. The molecule has 136 valence electrons. The molecule has 0 bridgehead atoms. The van der Waals surface area contributed by atoms with Crippen LogP contribution in [0.5, 0.6) is 0 Å².